The first kappa shape index (κ1) is 25.5. The zero-order valence-electron chi connectivity index (χ0n) is 19.6. The third kappa shape index (κ3) is 7.71. The number of carbonyl (C=O) groups excluding carboxylic acids is 3. The Labute approximate surface area is 194 Å². The van der Waals surface area contributed by atoms with Crippen molar-refractivity contribution in [2.24, 2.45) is 5.92 Å². The van der Waals surface area contributed by atoms with Crippen molar-refractivity contribution in [2.45, 2.75) is 13.8 Å². The van der Waals surface area contributed by atoms with E-state index < -0.39 is 5.91 Å². The van der Waals surface area contributed by atoms with Gasteiger partial charge in [0.15, 0.2) is 0 Å². The molecule has 3 amide bonds. The summed E-state index contributed by atoms with van der Waals surface area (Å²) in [5.74, 6) is 0.537. The van der Waals surface area contributed by atoms with E-state index in [1.165, 1.54) is 19.1 Å². The minimum Gasteiger partial charge on any atom is -0.497 e. The molecule has 0 spiro atoms. The molecule has 0 fully saturated rings. The molecule has 0 saturated heterocycles. The summed E-state index contributed by atoms with van der Waals surface area (Å²) in [5, 5.41) is 5.25. The van der Waals surface area contributed by atoms with E-state index in [0.29, 0.717) is 35.0 Å². The lowest BCUT2D eigenvalue weighted by molar-refractivity contribution is -0.124. The SMILES string of the molecule is COc1ccc(NC(=O)CNC(=O)CN(CC(C)C)C(=O)c2ccc(OC)cc2OC)cc1. The molecule has 9 nitrogen and oxygen atoms in total. The Morgan fingerprint density at radius 3 is 2.09 bits per heavy atom. The van der Waals surface area contributed by atoms with Crippen LogP contribution >= 0.6 is 0 Å². The predicted molar refractivity (Wildman–Crippen MR) is 125 cm³/mol. The molecule has 0 saturated carbocycles. The highest BCUT2D eigenvalue weighted by atomic mass is 16.5. The number of rotatable bonds is 11. The summed E-state index contributed by atoms with van der Waals surface area (Å²) < 4.78 is 15.6. The molecule has 0 radical (unpaired) electrons. The van der Waals surface area contributed by atoms with Gasteiger partial charge in [0, 0.05) is 18.3 Å². The summed E-state index contributed by atoms with van der Waals surface area (Å²) in [6, 6.07) is 11.7. The number of carbonyl (C=O) groups is 3. The number of hydrogen-bond donors (Lipinski definition) is 2. The number of anilines is 1. The van der Waals surface area contributed by atoms with Gasteiger partial charge in [-0.25, -0.2) is 0 Å². The number of amides is 3. The average molecular weight is 458 g/mol. The Morgan fingerprint density at radius 1 is 0.879 bits per heavy atom. The lowest BCUT2D eigenvalue weighted by Crippen LogP contribution is -2.44. The molecule has 0 aliphatic rings. The molecule has 0 aliphatic carbocycles. The fourth-order valence-corrected chi connectivity index (χ4v) is 3.09. The fraction of sp³-hybridized carbons (Fsp3) is 0.375. The molecule has 0 unspecified atom stereocenters. The molecule has 2 aromatic carbocycles. The maximum Gasteiger partial charge on any atom is 0.258 e. The van der Waals surface area contributed by atoms with Crippen LogP contribution < -0.4 is 24.8 Å². The van der Waals surface area contributed by atoms with Gasteiger partial charge in [-0.15, -0.1) is 0 Å². The van der Waals surface area contributed by atoms with Crippen molar-refractivity contribution in [3.8, 4) is 17.2 Å². The first-order valence-corrected chi connectivity index (χ1v) is 10.5. The van der Waals surface area contributed by atoms with Gasteiger partial charge in [0.05, 0.1) is 40.0 Å². The molecule has 33 heavy (non-hydrogen) atoms. The van der Waals surface area contributed by atoms with Crippen molar-refractivity contribution in [2.75, 3.05) is 46.3 Å². The summed E-state index contributed by atoms with van der Waals surface area (Å²) in [6.07, 6.45) is 0. The van der Waals surface area contributed by atoms with Crippen molar-refractivity contribution in [3.05, 3.63) is 48.0 Å². The van der Waals surface area contributed by atoms with E-state index in [-0.39, 0.29) is 30.8 Å². The minimum atomic E-state index is -0.443. The maximum absolute atomic E-state index is 13.2. The van der Waals surface area contributed by atoms with Gasteiger partial charge < -0.3 is 29.7 Å². The third-order valence-corrected chi connectivity index (χ3v) is 4.67. The largest absolute Gasteiger partial charge is 0.497 e. The lowest BCUT2D eigenvalue weighted by atomic mass is 10.1. The summed E-state index contributed by atoms with van der Waals surface area (Å²) in [6.45, 7) is 3.85. The van der Waals surface area contributed by atoms with E-state index >= 15 is 0 Å². The lowest BCUT2D eigenvalue weighted by Gasteiger charge is -2.25. The van der Waals surface area contributed by atoms with Gasteiger partial charge in [-0.1, -0.05) is 13.8 Å². The zero-order chi connectivity index (χ0) is 24.4. The van der Waals surface area contributed by atoms with Crippen molar-refractivity contribution in [3.63, 3.8) is 0 Å². The predicted octanol–water partition coefficient (Wildman–Crippen LogP) is 2.57. The summed E-state index contributed by atoms with van der Waals surface area (Å²) >= 11 is 0. The summed E-state index contributed by atoms with van der Waals surface area (Å²) in [4.78, 5) is 39.3. The van der Waals surface area contributed by atoms with Crippen LogP contribution in [0.4, 0.5) is 5.69 Å². The number of benzene rings is 2. The molecule has 178 valence electrons. The molecule has 0 atom stereocenters. The Kier molecular flexibility index (Phi) is 9.53. The van der Waals surface area contributed by atoms with Crippen LogP contribution in [0.2, 0.25) is 0 Å². The van der Waals surface area contributed by atoms with E-state index in [4.69, 9.17) is 14.2 Å². The van der Waals surface area contributed by atoms with Gasteiger partial charge in [-0.05, 0) is 42.3 Å². The molecular formula is C24H31N3O6. The molecule has 0 bridgehead atoms. The normalized spacial score (nSPS) is 10.4. The monoisotopic (exact) mass is 457 g/mol. The maximum atomic E-state index is 13.2. The Hall–Kier alpha value is -3.75. The second-order valence-corrected chi connectivity index (χ2v) is 7.70. The highest BCUT2D eigenvalue weighted by Gasteiger charge is 2.23. The van der Waals surface area contributed by atoms with E-state index in [0.717, 1.165) is 0 Å². The van der Waals surface area contributed by atoms with Crippen LogP contribution in [0.3, 0.4) is 0 Å². The standard InChI is InChI=1S/C24H31N3O6/c1-16(2)14-27(24(30)20-11-10-19(32-4)12-21(20)33-5)15-23(29)25-13-22(28)26-17-6-8-18(31-3)9-7-17/h6-12,16H,13-15H2,1-5H3,(H,25,29)(H,26,28). The second-order valence-electron chi connectivity index (χ2n) is 7.70. The molecule has 0 heterocycles. The molecule has 0 aromatic heterocycles. The second kappa shape index (κ2) is 12.3. The molecular weight excluding hydrogens is 426 g/mol. The Bertz CT molecular complexity index is 959. The van der Waals surface area contributed by atoms with Crippen LogP contribution in [-0.2, 0) is 9.59 Å². The third-order valence-electron chi connectivity index (χ3n) is 4.67. The van der Waals surface area contributed by atoms with Gasteiger partial charge in [0.2, 0.25) is 11.8 Å². The van der Waals surface area contributed by atoms with Crippen LogP contribution in [0.25, 0.3) is 0 Å². The quantitative estimate of drug-likeness (QED) is 0.537. The van der Waals surface area contributed by atoms with Crippen molar-refractivity contribution in [1.82, 2.24) is 10.2 Å². The van der Waals surface area contributed by atoms with Crippen LogP contribution in [0.15, 0.2) is 42.5 Å². The Morgan fingerprint density at radius 2 is 1.52 bits per heavy atom. The molecule has 2 rings (SSSR count). The zero-order valence-corrected chi connectivity index (χ0v) is 19.6. The minimum absolute atomic E-state index is 0.129. The summed E-state index contributed by atoms with van der Waals surface area (Å²) in [7, 11) is 4.55. The van der Waals surface area contributed by atoms with E-state index in [1.54, 1.807) is 49.6 Å². The van der Waals surface area contributed by atoms with Crippen molar-refractivity contribution in [1.29, 1.82) is 0 Å². The molecule has 2 aromatic rings. The van der Waals surface area contributed by atoms with E-state index in [1.807, 2.05) is 13.8 Å². The number of hydrogen-bond acceptors (Lipinski definition) is 6. The first-order chi connectivity index (χ1) is 15.8. The number of ether oxygens (including phenoxy) is 3. The molecule has 0 aliphatic heterocycles. The van der Waals surface area contributed by atoms with Crippen LogP contribution in [0.5, 0.6) is 17.2 Å². The number of nitrogens with one attached hydrogen (secondary N) is 2. The first-order valence-electron chi connectivity index (χ1n) is 10.5. The van der Waals surface area contributed by atoms with Gasteiger partial charge in [0.25, 0.3) is 5.91 Å². The number of methoxy groups -OCH3 is 3. The van der Waals surface area contributed by atoms with Crippen molar-refractivity contribution < 1.29 is 28.6 Å². The van der Waals surface area contributed by atoms with Gasteiger partial charge in [-0.3, -0.25) is 14.4 Å². The summed E-state index contributed by atoms with van der Waals surface area (Å²) in [5.41, 5.74) is 0.905. The highest BCUT2D eigenvalue weighted by molar-refractivity contribution is 6.00. The molecule has 9 heteroatoms. The van der Waals surface area contributed by atoms with Gasteiger partial charge in [-0.2, -0.15) is 0 Å². The Balaban J connectivity index is 2.00. The van der Waals surface area contributed by atoms with Crippen LogP contribution in [0, 0.1) is 5.92 Å². The number of nitrogens with zero attached hydrogens (tertiary/aromatic N) is 1. The van der Waals surface area contributed by atoms with Crippen LogP contribution in [0.1, 0.15) is 24.2 Å². The van der Waals surface area contributed by atoms with Gasteiger partial charge in [0.1, 0.15) is 17.2 Å². The fourth-order valence-electron chi connectivity index (χ4n) is 3.09. The van der Waals surface area contributed by atoms with Crippen LogP contribution in [-0.4, -0.2) is 63.6 Å². The topological polar surface area (TPSA) is 106 Å². The van der Waals surface area contributed by atoms with E-state index in [9.17, 15) is 14.4 Å². The van der Waals surface area contributed by atoms with Crippen molar-refractivity contribution >= 4 is 23.4 Å². The van der Waals surface area contributed by atoms with E-state index in [2.05, 4.69) is 10.6 Å². The van der Waals surface area contributed by atoms with Gasteiger partial charge >= 0.3 is 0 Å². The highest BCUT2D eigenvalue weighted by Crippen LogP contribution is 2.26. The smallest absolute Gasteiger partial charge is 0.258 e. The average Bonchev–Trinajstić information content (AvgIpc) is 2.81. The molecule has 2 N–H and O–H groups in total.